The zero-order valence-corrected chi connectivity index (χ0v) is 12.1. The Labute approximate surface area is 115 Å². The van der Waals surface area contributed by atoms with Crippen LogP contribution < -0.4 is 0 Å². The Bertz CT molecular complexity index is 508. The summed E-state index contributed by atoms with van der Waals surface area (Å²) in [5.74, 6) is 0.0858. The summed E-state index contributed by atoms with van der Waals surface area (Å²) in [7, 11) is -3.43. The van der Waals surface area contributed by atoms with E-state index in [0.29, 0.717) is 6.54 Å². The van der Waals surface area contributed by atoms with Gasteiger partial charge in [-0.15, -0.1) is 0 Å². The number of phenolic OH excluding ortho intramolecular Hbond substituents is 1. The lowest BCUT2D eigenvalue weighted by atomic mass is 10.0. The van der Waals surface area contributed by atoms with Crippen LogP contribution >= 0.6 is 0 Å². The Morgan fingerprint density at radius 1 is 1.26 bits per heavy atom. The zero-order valence-electron chi connectivity index (χ0n) is 11.2. The van der Waals surface area contributed by atoms with E-state index in [9.17, 15) is 13.5 Å². The molecule has 1 unspecified atom stereocenters. The summed E-state index contributed by atoms with van der Waals surface area (Å²) in [5, 5.41) is 9.26. The van der Waals surface area contributed by atoms with Crippen molar-refractivity contribution in [1.82, 2.24) is 4.31 Å². The van der Waals surface area contributed by atoms with Crippen LogP contribution in [0, 0.1) is 0 Å². The first-order valence-electron chi connectivity index (χ1n) is 6.86. The van der Waals surface area contributed by atoms with Gasteiger partial charge in [-0.05, 0) is 43.5 Å². The highest BCUT2D eigenvalue weighted by Gasteiger charge is 2.32. The highest BCUT2D eigenvalue weighted by molar-refractivity contribution is 7.89. The number of hydrogen-bond donors (Lipinski definition) is 1. The fraction of sp³-hybridized carbons (Fsp3) is 0.571. The summed E-state index contributed by atoms with van der Waals surface area (Å²) >= 11 is 0. The third-order valence-electron chi connectivity index (χ3n) is 3.64. The highest BCUT2D eigenvalue weighted by Crippen LogP contribution is 2.28. The van der Waals surface area contributed by atoms with Crippen LogP contribution in [-0.2, 0) is 10.0 Å². The predicted molar refractivity (Wildman–Crippen MR) is 74.5 cm³/mol. The fourth-order valence-corrected chi connectivity index (χ4v) is 4.39. The molecule has 5 heteroatoms. The summed E-state index contributed by atoms with van der Waals surface area (Å²) in [6.07, 6.45) is 4.89. The van der Waals surface area contributed by atoms with E-state index in [-0.39, 0.29) is 16.7 Å². The van der Waals surface area contributed by atoms with Crippen molar-refractivity contribution in [3.05, 3.63) is 24.3 Å². The van der Waals surface area contributed by atoms with Gasteiger partial charge in [0.2, 0.25) is 10.0 Å². The van der Waals surface area contributed by atoms with Gasteiger partial charge in [-0.1, -0.05) is 19.8 Å². The molecule has 0 radical (unpaired) electrons. The van der Waals surface area contributed by atoms with E-state index >= 15 is 0 Å². The van der Waals surface area contributed by atoms with Gasteiger partial charge in [0.25, 0.3) is 0 Å². The van der Waals surface area contributed by atoms with Crippen molar-refractivity contribution in [2.75, 3.05) is 6.54 Å². The van der Waals surface area contributed by atoms with Gasteiger partial charge in [0.15, 0.2) is 0 Å². The smallest absolute Gasteiger partial charge is 0.243 e. The van der Waals surface area contributed by atoms with Gasteiger partial charge in [-0.3, -0.25) is 0 Å². The molecule has 1 heterocycles. The van der Waals surface area contributed by atoms with Crippen LogP contribution in [0.4, 0.5) is 0 Å². The number of nitrogens with zero attached hydrogens (tertiary/aromatic N) is 1. The van der Waals surface area contributed by atoms with Gasteiger partial charge >= 0.3 is 0 Å². The monoisotopic (exact) mass is 283 g/mol. The van der Waals surface area contributed by atoms with Crippen LogP contribution in [0.1, 0.15) is 39.0 Å². The Hall–Kier alpha value is -1.07. The molecule has 0 aliphatic carbocycles. The van der Waals surface area contributed by atoms with E-state index in [2.05, 4.69) is 6.92 Å². The molecule has 19 heavy (non-hydrogen) atoms. The minimum atomic E-state index is -3.43. The second-order valence-electron chi connectivity index (χ2n) is 5.05. The lowest BCUT2D eigenvalue weighted by molar-refractivity contribution is 0.239. The molecule has 1 fully saturated rings. The van der Waals surface area contributed by atoms with Gasteiger partial charge in [-0.25, -0.2) is 8.42 Å². The van der Waals surface area contributed by atoms with Crippen LogP contribution in [0.15, 0.2) is 29.2 Å². The maximum atomic E-state index is 12.6. The van der Waals surface area contributed by atoms with E-state index < -0.39 is 10.0 Å². The van der Waals surface area contributed by atoms with Crippen molar-refractivity contribution >= 4 is 10.0 Å². The molecule has 1 saturated heterocycles. The third kappa shape index (κ3) is 3.09. The van der Waals surface area contributed by atoms with Gasteiger partial charge < -0.3 is 5.11 Å². The normalized spacial score (nSPS) is 21.4. The number of piperidine rings is 1. The fourth-order valence-electron chi connectivity index (χ4n) is 2.67. The number of rotatable bonds is 4. The highest BCUT2D eigenvalue weighted by atomic mass is 32.2. The second-order valence-corrected chi connectivity index (χ2v) is 6.94. The molecule has 1 atom stereocenters. The van der Waals surface area contributed by atoms with Crippen molar-refractivity contribution < 1.29 is 13.5 Å². The minimum Gasteiger partial charge on any atom is -0.508 e. The lowest BCUT2D eigenvalue weighted by Gasteiger charge is -2.34. The first-order chi connectivity index (χ1) is 9.05. The average molecular weight is 283 g/mol. The van der Waals surface area contributed by atoms with Crippen LogP contribution in [0.2, 0.25) is 0 Å². The third-order valence-corrected chi connectivity index (χ3v) is 5.60. The van der Waals surface area contributed by atoms with E-state index in [1.807, 2.05) is 0 Å². The van der Waals surface area contributed by atoms with E-state index in [4.69, 9.17) is 0 Å². The Kier molecular flexibility index (Phi) is 4.47. The maximum Gasteiger partial charge on any atom is 0.243 e. The van der Waals surface area contributed by atoms with Crippen LogP contribution in [0.25, 0.3) is 0 Å². The summed E-state index contributed by atoms with van der Waals surface area (Å²) < 4.78 is 26.9. The summed E-state index contributed by atoms with van der Waals surface area (Å²) in [4.78, 5) is 0.272. The first-order valence-corrected chi connectivity index (χ1v) is 8.30. The summed E-state index contributed by atoms with van der Waals surface area (Å²) in [6, 6.07) is 5.92. The molecule has 2 rings (SSSR count). The molecular formula is C14H21NO3S. The molecule has 0 saturated carbocycles. The van der Waals surface area contributed by atoms with Gasteiger partial charge in [0, 0.05) is 12.6 Å². The Morgan fingerprint density at radius 3 is 2.58 bits per heavy atom. The van der Waals surface area contributed by atoms with Crippen LogP contribution in [0.5, 0.6) is 5.75 Å². The first kappa shape index (κ1) is 14.3. The predicted octanol–water partition coefficient (Wildman–Crippen LogP) is 2.74. The average Bonchev–Trinajstić information content (AvgIpc) is 2.40. The van der Waals surface area contributed by atoms with Crippen molar-refractivity contribution in [2.45, 2.75) is 50.0 Å². The Balaban J connectivity index is 2.28. The van der Waals surface area contributed by atoms with E-state index in [0.717, 1.165) is 32.1 Å². The molecule has 0 spiro atoms. The molecule has 1 aliphatic rings. The number of phenols is 1. The van der Waals surface area contributed by atoms with E-state index in [1.54, 1.807) is 4.31 Å². The SMILES string of the molecule is CCCC1CCCCN1S(=O)(=O)c1ccc(O)cc1. The van der Waals surface area contributed by atoms with E-state index in [1.165, 1.54) is 24.3 Å². The van der Waals surface area contributed by atoms with Crippen LogP contribution in [0.3, 0.4) is 0 Å². The second kappa shape index (κ2) is 5.92. The standard InChI is InChI=1S/C14H21NO3S/c1-2-5-12-6-3-4-11-15(12)19(17,18)14-9-7-13(16)8-10-14/h7-10,12,16H,2-6,11H2,1H3. The summed E-state index contributed by atoms with van der Waals surface area (Å²) in [5.41, 5.74) is 0. The number of aromatic hydroxyl groups is 1. The minimum absolute atomic E-state index is 0.0858. The lowest BCUT2D eigenvalue weighted by Crippen LogP contribution is -2.43. The molecule has 106 valence electrons. The number of benzene rings is 1. The Morgan fingerprint density at radius 2 is 1.95 bits per heavy atom. The number of sulfonamides is 1. The molecule has 1 aliphatic heterocycles. The van der Waals surface area contributed by atoms with Crippen molar-refractivity contribution in [2.24, 2.45) is 0 Å². The zero-order chi connectivity index (χ0) is 13.9. The quantitative estimate of drug-likeness (QED) is 0.924. The molecule has 4 nitrogen and oxygen atoms in total. The summed E-state index contributed by atoms with van der Waals surface area (Å²) in [6.45, 7) is 2.69. The molecule has 1 aromatic carbocycles. The topological polar surface area (TPSA) is 57.6 Å². The van der Waals surface area contributed by atoms with Crippen LogP contribution in [-0.4, -0.2) is 30.4 Å². The van der Waals surface area contributed by atoms with Crippen molar-refractivity contribution in [1.29, 1.82) is 0 Å². The largest absolute Gasteiger partial charge is 0.508 e. The maximum absolute atomic E-state index is 12.6. The van der Waals surface area contributed by atoms with Crippen molar-refractivity contribution in [3.63, 3.8) is 0 Å². The molecule has 0 aromatic heterocycles. The molecular weight excluding hydrogens is 262 g/mol. The van der Waals surface area contributed by atoms with Gasteiger partial charge in [0.1, 0.15) is 5.75 Å². The van der Waals surface area contributed by atoms with Gasteiger partial charge in [-0.2, -0.15) is 4.31 Å². The molecule has 0 bridgehead atoms. The van der Waals surface area contributed by atoms with Gasteiger partial charge in [0.05, 0.1) is 4.90 Å². The molecule has 1 N–H and O–H groups in total. The van der Waals surface area contributed by atoms with Crippen molar-refractivity contribution in [3.8, 4) is 5.75 Å². The molecule has 0 amide bonds. The number of hydrogen-bond acceptors (Lipinski definition) is 3. The molecule has 1 aromatic rings.